The van der Waals surface area contributed by atoms with E-state index in [0.29, 0.717) is 5.92 Å². The Balaban J connectivity index is 2.06. The van der Waals surface area contributed by atoms with Crippen LogP contribution in [0.15, 0.2) is 30.3 Å². The summed E-state index contributed by atoms with van der Waals surface area (Å²) in [6.45, 7) is 10.1. The molecule has 2 heteroatoms. The molecule has 2 nitrogen and oxygen atoms in total. The van der Waals surface area contributed by atoms with E-state index >= 15 is 0 Å². The minimum absolute atomic E-state index is 0.589. The van der Waals surface area contributed by atoms with Crippen LogP contribution in [0.3, 0.4) is 0 Å². The molecule has 1 aliphatic heterocycles. The molecule has 2 heterocycles. The van der Waals surface area contributed by atoms with E-state index in [2.05, 4.69) is 74.2 Å². The fourth-order valence-electron chi connectivity index (χ4n) is 4.25. The molecule has 1 aliphatic rings. The minimum atomic E-state index is 0.589. The van der Waals surface area contributed by atoms with Gasteiger partial charge in [0.05, 0.1) is 19.2 Å². The average Bonchev–Trinajstić information content (AvgIpc) is 3.04. The molecule has 0 saturated heterocycles. The molecule has 2 aromatic carbocycles. The first-order chi connectivity index (χ1) is 11.0. The van der Waals surface area contributed by atoms with Gasteiger partial charge in [-0.1, -0.05) is 37.6 Å². The lowest BCUT2D eigenvalue weighted by molar-refractivity contribution is -0.653. The molecular formula is C21H25N2+. The summed E-state index contributed by atoms with van der Waals surface area (Å²) >= 11 is 0. The number of aryl methyl sites for hydroxylation is 5. The van der Waals surface area contributed by atoms with Crippen LogP contribution in [-0.4, -0.2) is 4.57 Å². The number of rotatable bonds is 2. The van der Waals surface area contributed by atoms with Gasteiger partial charge in [-0.3, -0.25) is 0 Å². The predicted octanol–water partition coefficient (Wildman–Crippen LogP) is 4.43. The molecule has 0 saturated carbocycles. The topological polar surface area (TPSA) is 8.81 Å². The molecule has 0 unspecified atom stereocenters. The van der Waals surface area contributed by atoms with Crippen LogP contribution in [0.2, 0.25) is 0 Å². The highest BCUT2D eigenvalue weighted by Crippen LogP contribution is 2.33. The van der Waals surface area contributed by atoms with Crippen LogP contribution in [0.1, 0.15) is 42.0 Å². The fraction of sp³-hybridized carbons (Fsp3) is 0.381. The van der Waals surface area contributed by atoms with E-state index in [9.17, 15) is 0 Å². The Bertz CT molecular complexity index is 929. The number of aromatic nitrogens is 2. The van der Waals surface area contributed by atoms with Crippen molar-refractivity contribution >= 4 is 11.0 Å². The normalized spacial score (nSPS) is 13.5. The van der Waals surface area contributed by atoms with E-state index in [-0.39, 0.29) is 0 Å². The fourth-order valence-corrected chi connectivity index (χ4v) is 4.25. The van der Waals surface area contributed by atoms with Gasteiger partial charge in [-0.25, -0.2) is 9.13 Å². The lowest BCUT2D eigenvalue weighted by Crippen LogP contribution is -2.33. The number of imidazole rings is 1. The Morgan fingerprint density at radius 2 is 1.87 bits per heavy atom. The first-order valence-corrected chi connectivity index (χ1v) is 8.60. The monoisotopic (exact) mass is 305 g/mol. The molecule has 0 N–H and O–H groups in total. The maximum absolute atomic E-state index is 2.54. The molecule has 0 spiro atoms. The third-order valence-corrected chi connectivity index (χ3v) is 5.33. The van der Waals surface area contributed by atoms with E-state index in [4.69, 9.17) is 0 Å². The maximum atomic E-state index is 2.54. The summed E-state index contributed by atoms with van der Waals surface area (Å²) in [4.78, 5) is 0. The van der Waals surface area contributed by atoms with Crippen molar-refractivity contribution in [2.75, 3.05) is 0 Å². The summed E-state index contributed by atoms with van der Waals surface area (Å²) in [6.07, 6.45) is 1.17. The minimum Gasteiger partial charge on any atom is -0.226 e. The quantitative estimate of drug-likeness (QED) is 0.619. The summed E-state index contributed by atoms with van der Waals surface area (Å²) in [5, 5.41) is 0. The smallest absolute Gasteiger partial charge is 0.226 e. The van der Waals surface area contributed by atoms with Crippen LogP contribution in [-0.2, 0) is 20.0 Å². The first kappa shape index (κ1) is 14.5. The van der Waals surface area contributed by atoms with Gasteiger partial charge in [0.1, 0.15) is 0 Å². The third kappa shape index (κ3) is 1.97. The van der Waals surface area contributed by atoms with Gasteiger partial charge < -0.3 is 0 Å². The van der Waals surface area contributed by atoms with Gasteiger partial charge in [0.15, 0.2) is 11.0 Å². The molecule has 118 valence electrons. The number of nitrogens with zero attached hydrogens (tertiary/aromatic N) is 2. The largest absolute Gasteiger partial charge is 0.289 e. The van der Waals surface area contributed by atoms with Crippen LogP contribution >= 0.6 is 0 Å². The van der Waals surface area contributed by atoms with E-state index in [1.807, 2.05) is 0 Å². The Morgan fingerprint density at radius 1 is 1.09 bits per heavy atom. The highest BCUT2D eigenvalue weighted by molar-refractivity contribution is 5.82. The Labute approximate surface area is 138 Å². The molecule has 0 atom stereocenters. The van der Waals surface area contributed by atoms with Crippen LogP contribution in [0.25, 0.3) is 22.4 Å². The van der Waals surface area contributed by atoms with Gasteiger partial charge in [-0.15, -0.1) is 0 Å². The predicted molar refractivity (Wildman–Crippen MR) is 95.8 cm³/mol. The zero-order chi connectivity index (χ0) is 16.3. The Hall–Kier alpha value is -2.09. The van der Waals surface area contributed by atoms with E-state index in [1.54, 1.807) is 5.56 Å². The summed E-state index contributed by atoms with van der Waals surface area (Å²) in [5.74, 6) is 1.93. The molecule has 0 radical (unpaired) electrons. The van der Waals surface area contributed by atoms with Crippen molar-refractivity contribution < 1.29 is 4.57 Å². The molecule has 0 aliphatic carbocycles. The molecule has 0 fully saturated rings. The summed E-state index contributed by atoms with van der Waals surface area (Å²) < 4.78 is 4.91. The number of hydrogen-bond donors (Lipinski definition) is 0. The molecular weight excluding hydrogens is 280 g/mol. The van der Waals surface area contributed by atoms with Crippen molar-refractivity contribution in [3.8, 4) is 11.4 Å². The highest BCUT2D eigenvalue weighted by Gasteiger charge is 2.32. The van der Waals surface area contributed by atoms with Crippen molar-refractivity contribution in [1.29, 1.82) is 0 Å². The van der Waals surface area contributed by atoms with Gasteiger partial charge in [-0.05, 0) is 43.0 Å². The van der Waals surface area contributed by atoms with Gasteiger partial charge in [0.2, 0.25) is 0 Å². The van der Waals surface area contributed by atoms with Crippen LogP contribution in [0.4, 0.5) is 0 Å². The standard InChI is InChI=1S/C21H25N2/c1-13(2)16-8-9-19-20-18(16)10-11-23(20)21(22(19)5)17-7-6-14(3)12-15(17)4/h6-9,12-13H,10-11H2,1-5H3/q+1. The average molecular weight is 305 g/mol. The zero-order valence-electron chi connectivity index (χ0n) is 14.8. The molecule has 1 aromatic heterocycles. The molecule has 3 aromatic rings. The third-order valence-electron chi connectivity index (χ3n) is 5.33. The Morgan fingerprint density at radius 3 is 2.57 bits per heavy atom. The van der Waals surface area contributed by atoms with E-state index in [1.165, 1.54) is 45.5 Å². The summed E-state index contributed by atoms with van der Waals surface area (Å²) in [7, 11) is 2.21. The molecule has 23 heavy (non-hydrogen) atoms. The van der Waals surface area contributed by atoms with Crippen molar-refractivity contribution in [1.82, 2.24) is 4.57 Å². The van der Waals surface area contributed by atoms with Crippen LogP contribution < -0.4 is 4.57 Å². The Kier molecular flexibility index (Phi) is 3.12. The van der Waals surface area contributed by atoms with Gasteiger partial charge in [0.25, 0.3) is 5.82 Å². The zero-order valence-corrected chi connectivity index (χ0v) is 14.8. The number of hydrogen-bond acceptors (Lipinski definition) is 0. The van der Waals surface area contributed by atoms with Gasteiger partial charge >= 0.3 is 0 Å². The lowest BCUT2D eigenvalue weighted by atomic mass is 9.95. The highest BCUT2D eigenvalue weighted by atomic mass is 15.2. The van der Waals surface area contributed by atoms with Gasteiger partial charge in [-0.2, -0.15) is 0 Å². The second-order valence-electron chi connectivity index (χ2n) is 7.26. The van der Waals surface area contributed by atoms with E-state index < -0.39 is 0 Å². The van der Waals surface area contributed by atoms with E-state index in [0.717, 1.165) is 6.54 Å². The van der Waals surface area contributed by atoms with Crippen LogP contribution in [0, 0.1) is 13.8 Å². The summed E-state index contributed by atoms with van der Waals surface area (Å²) in [5.41, 5.74) is 9.93. The van der Waals surface area contributed by atoms with Crippen molar-refractivity contribution in [3.05, 3.63) is 52.6 Å². The molecule has 0 amide bonds. The first-order valence-electron chi connectivity index (χ1n) is 8.60. The molecule has 4 rings (SSSR count). The second kappa shape index (κ2) is 4.95. The maximum Gasteiger partial charge on any atom is 0.289 e. The lowest BCUT2D eigenvalue weighted by Gasteiger charge is -2.08. The van der Waals surface area contributed by atoms with Crippen LogP contribution in [0.5, 0.6) is 0 Å². The summed E-state index contributed by atoms with van der Waals surface area (Å²) in [6, 6.07) is 11.4. The van der Waals surface area contributed by atoms with Crippen molar-refractivity contribution in [3.63, 3.8) is 0 Å². The van der Waals surface area contributed by atoms with Crippen molar-refractivity contribution in [2.24, 2.45) is 7.05 Å². The SMILES string of the molecule is Cc1ccc(-c2n(C)c3ccc(C(C)C)c4c3[n+]2CC4)c(C)c1. The van der Waals surface area contributed by atoms with Gasteiger partial charge in [0, 0.05) is 12.0 Å². The molecule has 0 bridgehead atoms. The van der Waals surface area contributed by atoms with Crippen molar-refractivity contribution in [2.45, 2.75) is 46.6 Å². The number of benzene rings is 2. The second-order valence-corrected chi connectivity index (χ2v) is 7.26.